The van der Waals surface area contributed by atoms with Crippen molar-refractivity contribution >= 4 is 16.9 Å². The van der Waals surface area contributed by atoms with Crippen LogP contribution in [0.5, 0.6) is 0 Å². The van der Waals surface area contributed by atoms with Gasteiger partial charge in [-0.1, -0.05) is 0 Å². The molecule has 1 N–H and O–H groups in total. The van der Waals surface area contributed by atoms with E-state index in [4.69, 9.17) is 4.74 Å². The van der Waals surface area contributed by atoms with Gasteiger partial charge in [-0.3, -0.25) is 0 Å². The van der Waals surface area contributed by atoms with Crippen molar-refractivity contribution in [3.8, 4) is 0 Å². The van der Waals surface area contributed by atoms with Crippen LogP contribution in [0.1, 0.15) is 17.3 Å². The maximum absolute atomic E-state index is 13.5. The van der Waals surface area contributed by atoms with E-state index in [1.165, 1.54) is 6.20 Å². The number of esters is 1. The Labute approximate surface area is 90.0 Å². The summed E-state index contributed by atoms with van der Waals surface area (Å²) in [4.78, 5) is 14.1. The highest BCUT2D eigenvalue weighted by molar-refractivity contribution is 6.04. The Kier molecular flexibility index (Phi) is 2.60. The first-order valence-corrected chi connectivity index (χ1v) is 4.76. The number of rotatable bonds is 2. The second-order valence-corrected chi connectivity index (χ2v) is 3.23. The van der Waals surface area contributed by atoms with Gasteiger partial charge in [-0.05, 0) is 13.0 Å². The lowest BCUT2D eigenvalue weighted by molar-refractivity contribution is 0.0528. The highest BCUT2D eigenvalue weighted by atomic mass is 19.1. The van der Waals surface area contributed by atoms with Gasteiger partial charge < -0.3 is 9.72 Å². The highest BCUT2D eigenvalue weighted by Crippen LogP contribution is 2.23. The standard InChI is InChI=1S/C11H9F2NO2/c1-2-16-11(15)7-5-14-9-4-6(12)3-8(13)10(7)9/h3-5,14H,2H2,1H3. The number of hydrogen-bond donors (Lipinski definition) is 1. The van der Waals surface area contributed by atoms with E-state index in [0.29, 0.717) is 0 Å². The van der Waals surface area contributed by atoms with Gasteiger partial charge in [0, 0.05) is 17.6 Å². The lowest BCUT2D eigenvalue weighted by Gasteiger charge is -2.00. The Hall–Kier alpha value is -1.91. The van der Waals surface area contributed by atoms with E-state index in [9.17, 15) is 13.6 Å². The number of nitrogens with one attached hydrogen (secondary N) is 1. The van der Waals surface area contributed by atoms with Crippen LogP contribution in [0.15, 0.2) is 18.3 Å². The molecule has 0 amide bonds. The molecule has 5 heteroatoms. The zero-order chi connectivity index (χ0) is 11.7. The van der Waals surface area contributed by atoms with Gasteiger partial charge >= 0.3 is 5.97 Å². The van der Waals surface area contributed by atoms with Crippen molar-refractivity contribution in [3.63, 3.8) is 0 Å². The Morgan fingerprint density at radius 1 is 1.44 bits per heavy atom. The summed E-state index contributed by atoms with van der Waals surface area (Å²) in [5.41, 5.74) is 0.315. The highest BCUT2D eigenvalue weighted by Gasteiger charge is 2.17. The van der Waals surface area contributed by atoms with Gasteiger partial charge in [0.15, 0.2) is 0 Å². The molecule has 0 fully saturated rings. The first kappa shape index (κ1) is 10.6. The molecule has 2 rings (SSSR count). The number of carbonyl (C=O) groups is 1. The van der Waals surface area contributed by atoms with Gasteiger partial charge in [-0.2, -0.15) is 0 Å². The van der Waals surface area contributed by atoms with Crippen LogP contribution < -0.4 is 0 Å². The van der Waals surface area contributed by atoms with Gasteiger partial charge in [-0.15, -0.1) is 0 Å². The first-order chi connectivity index (χ1) is 7.63. The fraction of sp³-hybridized carbons (Fsp3) is 0.182. The Morgan fingerprint density at radius 2 is 2.19 bits per heavy atom. The van der Waals surface area contributed by atoms with Crippen LogP contribution in [-0.4, -0.2) is 17.6 Å². The molecule has 0 spiro atoms. The van der Waals surface area contributed by atoms with E-state index >= 15 is 0 Å². The second-order valence-electron chi connectivity index (χ2n) is 3.23. The summed E-state index contributed by atoms with van der Waals surface area (Å²) in [6.45, 7) is 1.86. The van der Waals surface area contributed by atoms with E-state index in [-0.39, 0.29) is 23.1 Å². The van der Waals surface area contributed by atoms with Gasteiger partial charge in [-0.25, -0.2) is 13.6 Å². The smallest absolute Gasteiger partial charge is 0.340 e. The molecule has 0 unspecified atom stereocenters. The SMILES string of the molecule is CCOC(=O)c1c[nH]c2cc(F)cc(F)c12. The number of aromatic amines is 1. The van der Waals surface area contributed by atoms with Crippen molar-refractivity contribution < 1.29 is 18.3 Å². The number of H-pyrrole nitrogens is 1. The van der Waals surface area contributed by atoms with Crippen LogP contribution in [0, 0.1) is 11.6 Å². The fourth-order valence-corrected chi connectivity index (χ4v) is 1.55. The zero-order valence-corrected chi connectivity index (χ0v) is 8.51. The number of ether oxygens (including phenoxy) is 1. The molecule has 3 nitrogen and oxygen atoms in total. The van der Waals surface area contributed by atoms with Gasteiger partial charge in [0.2, 0.25) is 0 Å². The normalized spacial score (nSPS) is 10.7. The Morgan fingerprint density at radius 3 is 2.88 bits per heavy atom. The maximum atomic E-state index is 13.5. The van der Waals surface area contributed by atoms with Gasteiger partial charge in [0.1, 0.15) is 11.6 Å². The molecule has 16 heavy (non-hydrogen) atoms. The molecule has 0 aliphatic heterocycles. The molecular formula is C11H9F2NO2. The van der Waals surface area contributed by atoms with Crippen molar-refractivity contribution in [2.24, 2.45) is 0 Å². The zero-order valence-electron chi connectivity index (χ0n) is 8.51. The number of aromatic nitrogens is 1. The van der Waals surface area contributed by atoms with Crippen molar-refractivity contribution in [1.82, 2.24) is 4.98 Å². The van der Waals surface area contributed by atoms with Crippen molar-refractivity contribution in [2.45, 2.75) is 6.92 Å². The predicted octanol–water partition coefficient (Wildman–Crippen LogP) is 2.62. The Balaban J connectivity index is 2.60. The number of hydrogen-bond acceptors (Lipinski definition) is 2. The molecule has 0 saturated carbocycles. The maximum Gasteiger partial charge on any atom is 0.340 e. The third kappa shape index (κ3) is 1.64. The van der Waals surface area contributed by atoms with E-state index in [0.717, 1.165) is 12.1 Å². The predicted molar refractivity (Wildman–Crippen MR) is 54.2 cm³/mol. The topological polar surface area (TPSA) is 42.1 Å². The molecule has 0 aliphatic rings. The largest absolute Gasteiger partial charge is 0.462 e. The minimum Gasteiger partial charge on any atom is -0.462 e. The summed E-state index contributed by atoms with van der Waals surface area (Å²) < 4.78 is 31.1. The molecule has 1 aromatic carbocycles. The molecular weight excluding hydrogens is 216 g/mol. The summed E-state index contributed by atoms with van der Waals surface area (Å²) >= 11 is 0. The van der Waals surface area contributed by atoms with Crippen LogP contribution in [0.2, 0.25) is 0 Å². The van der Waals surface area contributed by atoms with Crippen molar-refractivity contribution in [1.29, 1.82) is 0 Å². The van der Waals surface area contributed by atoms with E-state index < -0.39 is 17.6 Å². The Bertz CT molecular complexity index is 548. The second kappa shape index (κ2) is 3.92. The minimum atomic E-state index is -0.778. The van der Waals surface area contributed by atoms with Crippen LogP contribution >= 0.6 is 0 Å². The summed E-state index contributed by atoms with van der Waals surface area (Å²) in [7, 11) is 0. The lowest BCUT2D eigenvalue weighted by atomic mass is 10.1. The summed E-state index contributed by atoms with van der Waals surface area (Å²) in [5.74, 6) is -2.10. The van der Waals surface area contributed by atoms with E-state index in [2.05, 4.69) is 4.98 Å². The summed E-state index contributed by atoms with van der Waals surface area (Å²) in [6, 6.07) is 1.86. The first-order valence-electron chi connectivity index (χ1n) is 4.76. The van der Waals surface area contributed by atoms with Gasteiger partial charge in [0.05, 0.1) is 17.7 Å². The fourth-order valence-electron chi connectivity index (χ4n) is 1.55. The average molecular weight is 225 g/mol. The number of fused-ring (bicyclic) bond motifs is 1. The molecule has 0 radical (unpaired) electrons. The monoisotopic (exact) mass is 225 g/mol. The van der Waals surface area contributed by atoms with Crippen LogP contribution in [0.3, 0.4) is 0 Å². The third-order valence-corrected chi connectivity index (χ3v) is 2.19. The molecule has 0 bridgehead atoms. The van der Waals surface area contributed by atoms with E-state index in [1.54, 1.807) is 6.92 Å². The van der Waals surface area contributed by atoms with Gasteiger partial charge in [0.25, 0.3) is 0 Å². The lowest BCUT2D eigenvalue weighted by Crippen LogP contribution is -2.04. The molecule has 1 heterocycles. The van der Waals surface area contributed by atoms with Crippen molar-refractivity contribution in [3.05, 3.63) is 35.5 Å². The number of carbonyl (C=O) groups excluding carboxylic acids is 1. The van der Waals surface area contributed by atoms with Crippen LogP contribution in [0.4, 0.5) is 8.78 Å². The van der Waals surface area contributed by atoms with Crippen LogP contribution in [0.25, 0.3) is 10.9 Å². The number of benzene rings is 1. The molecule has 1 aromatic heterocycles. The van der Waals surface area contributed by atoms with E-state index in [1.807, 2.05) is 0 Å². The molecule has 2 aromatic rings. The average Bonchev–Trinajstić information content (AvgIpc) is 2.61. The minimum absolute atomic E-state index is 0.0554. The number of halogens is 2. The molecule has 0 aliphatic carbocycles. The molecule has 0 atom stereocenters. The quantitative estimate of drug-likeness (QED) is 0.798. The summed E-state index contributed by atoms with van der Waals surface area (Å²) in [5, 5.41) is 0.0554. The van der Waals surface area contributed by atoms with Crippen LogP contribution in [-0.2, 0) is 4.74 Å². The summed E-state index contributed by atoms with van der Waals surface area (Å²) in [6.07, 6.45) is 1.31. The van der Waals surface area contributed by atoms with Crippen molar-refractivity contribution in [2.75, 3.05) is 6.61 Å². The molecule has 84 valence electrons. The molecule has 0 saturated heterocycles. The third-order valence-electron chi connectivity index (χ3n) is 2.19.